The molecule has 1 rings (SSSR count). The van der Waals surface area contributed by atoms with Crippen molar-refractivity contribution in [2.45, 2.75) is 27.2 Å². The number of nitrogens with one attached hydrogen (secondary N) is 1. The molecule has 1 atom stereocenters. The first-order valence-corrected chi connectivity index (χ1v) is 4.75. The van der Waals surface area contributed by atoms with Crippen molar-refractivity contribution in [2.24, 2.45) is 5.92 Å². The number of aryl methyl sites for hydroxylation is 1. The van der Waals surface area contributed by atoms with Gasteiger partial charge in [-0.3, -0.25) is 0 Å². The van der Waals surface area contributed by atoms with Crippen molar-refractivity contribution in [3.63, 3.8) is 0 Å². The van der Waals surface area contributed by atoms with Crippen molar-refractivity contribution < 1.29 is 0 Å². The van der Waals surface area contributed by atoms with Crippen LogP contribution in [-0.2, 0) is 0 Å². The molecule has 3 nitrogen and oxygen atoms in total. The number of rotatable bonds is 4. The molecule has 0 amide bonds. The molecule has 0 fully saturated rings. The van der Waals surface area contributed by atoms with Crippen LogP contribution in [0.4, 0.5) is 5.69 Å². The van der Waals surface area contributed by atoms with Gasteiger partial charge in [-0.15, -0.1) is 0 Å². The number of anilines is 1. The van der Waals surface area contributed by atoms with Crippen LogP contribution in [0.25, 0.3) is 0 Å². The molecule has 0 saturated carbocycles. The molecule has 0 bridgehead atoms. The topological polar surface area (TPSA) is 37.8 Å². The van der Waals surface area contributed by atoms with E-state index in [0.717, 1.165) is 18.1 Å². The molecular weight excluding hydrogens is 162 g/mol. The highest BCUT2D eigenvalue weighted by Gasteiger charge is 1.98. The molecule has 0 aliphatic carbocycles. The summed E-state index contributed by atoms with van der Waals surface area (Å²) in [5.41, 5.74) is 1.01. The Morgan fingerprint density at radius 1 is 1.38 bits per heavy atom. The van der Waals surface area contributed by atoms with Gasteiger partial charge in [0.25, 0.3) is 0 Å². The normalized spacial score (nSPS) is 12.5. The SMILES string of the molecule is CCC(C)CNc1cnc(C)nc1. The molecule has 1 heterocycles. The minimum Gasteiger partial charge on any atom is -0.382 e. The van der Waals surface area contributed by atoms with E-state index in [1.54, 1.807) is 0 Å². The van der Waals surface area contributed by atoms with Crippen LogP contribution >= 0.6 is 0 Å². The van der Waals surface area contributed by atoms with Gasteiger partial charge < -0.3 is 5.32 Å². The van der Waals surface area contributed by atoms with Crippen molar-refractivity contribution in [3.05, 3.63) is 18.2 Å². The summed E-state index contributed by atoms with van der Waals surface area (Å²) in [6.45, 7) is 7.29. The highest BCUT2D eigenvalue weighted by Crippen LogP contribution is 2.05. The molecule has 0 spiro atoms. The van der Waals surface area contributed by atoms with Gasteiger partial charge in [0.15, 0.2) is 0 Å². The van der Waals surface area contributed by atoms with E-state index in [1.165, 1.54) is 6.42 Å². The molecule has 0 aliphatic rings. The van der Waals surface area contributed by atoms with E-state index in [2.05, 4.69) is 29.1 Å². The van der Waals surface area contributed by atoms with Crippen LogP contribution in [0.1, 0.15) is 26.1 Å². The Kier molecular flexibility index (Phi) is 3.68. The second-order valence-electron chi connectivity index (χ2n) is 3.41. The van der Waals surface area contributed by atoms with Gasteiger partial charge in [0.05, 0.1) is 18.1 Å². The Balaban J connectivity index is 2.41. The molecule has 1 aromatic heterocycles. The minimum atomic E-state index is 0.696. The Morgan fingerprint density at radius 3 is 2.54 bits per heavy atom. The fourth-order valence-corrected chi connectivity index (χ4v) is 0.920. The first kappa shape index (κ1) is 9.96. The maximum absolute atomic E-state index is 4.11. The second kappa shape index (κ2) is 4.80. The number of hydrogen-bond donors (Lipinski definition) is 1. The number of nitrogens with zero attached hydrogens (tertiary/aromatic N) is 2. The molecule has 0 radical (unpaired) electrons. The molecular formula is C10H17N3. The summed E-state index contributed by atoms with van der Waals surface area (Å²) in [6, 6.07) is 0. The van der Waals surface area contributed by atoms with E-state index in [0.29, 0.717) is 5.92 Å². The summed E-state index contributed by atoms with van der Waals surface area (Å²) in [6.07, 6.45) is 4.84. The summed E-state index contributed by atoms with van der Waals surface area (Å²) < 4.78 is 0. The molecule has 0 aliphatic heterocycles. The third-order valence-electron chi connectivity index (χ3n) is 2.13. The molecule has 1 unspecified atom stereocenters. The van der Waals surface area contributed by atoms with Gasteiger partial charge in [-0.05, 0) is 12.8 Å². The van der Waals surface area contributed by atoms with Crippen LogP contribution in [0.15, 0.2) is 12.4 Å². The maximum Gasteiger partial charge on any atom is 0.125 e. The predicted molar refractivity (Wildman–Crippen MR) is 54.7 cm³/mol. The third-order valence-corrected chi connectivity index (χ3v) is 2.13. The van der Waals surface area contributed by atoms with Crippen molar-refractivity contribution in [2.75, 3.05) is 11.9 Å². The Labute approximate surface area is 79.6 Å². The highest BCUT2D eigenvalue weighted by atomic mass is 14.9. The van der Waals surface area contributed by atoms with E-state index in [4.69, 9.17) is 0 Å². The standard InChI is InChI=1S/C10H17N3/c1-4-8(2)5-13-10-6-11-9(3)12-7-10/h6-8,13H,4-5H2,1-3H3. The van der Waals surface area contributed by atoms with E-state index in [-0.39, 0.29) is 0 Å². The average molecular weight is 179 g/mol. The first-order chi connectivity index (χ1) is 6.22. The molecule has 0 aromatic carbocycles. The van der Waals surface area contributed by atoms with Crippen LogP contribution in [0.3, 0.4) is 0 Å². The van der Waals surface area contributed by atoms with Crippen LogP contribution in [0, 0.1) is 12.8 Å². The van der Waals surface area contributed by atoms with Gasteiger partial charge in [0.1, 0.15) is 5.82 Å². The summed E-state index contributed by atoms with van der Waals surface area (Å²) in [7, 11) is 0. The molecule has 0 saturated heterocycles. The Morgan fingerprint density at radius 2 is 2.00 bits per heavy atom. The van der Waals surface area contributed by atoms with Gasteiger partial charge in [0.2, 0.25) is 0 Å². The summed E-state index contributed by atoms with van der Waals surface area (Å²) in [4.78, 5) is 8.22. The fraction of sp³-hybridized carbons (Fsp3) is 0.600. The monoisotopic (exact) mass is 179 g/mol. The van der Waals surface area contributed by atoms with E-state index in [9.17, 15) is 0 Å². The van der Waals surface area contributed by atoms with Gasteiger partial charge in [-0.25, -0.2) is 9.97 Å². The Bertz CT molecular complexity index is 243. The fourth-order valence-electron chi connectivity index (χ4n) is 0.920. The lowest BCUT2D eigenvalue weighted by Gasteiger charge is -2.10. The van der Waals surface area contributed by atoms with Gasteiger partial charge in [-0.2, -0.15) is 0 Å². The van der Waals surface area contributed by atoms with Crippen molar-refractivity contribution in [1.82, 2.24) is 9.97 Å². The molecule has 3 heteroatoms. The van der Waals surface area contributed by atoms with Crippen LogP contribution in [0.5, 0.6) is 0 Å². The zero-order valence-corrected chi connectivity index (χ0v) is 8.54. The van der Waals surface area contributed by atoms with E-state index >= 15 is 0 Å². The zero-order chi connectivity index (χ0) is 9.68. The van der Waals surface area contributed by atoms with Crippen molar-refractivity contribution in [1.29, 1.82) is 0 Å². The maximum atomic E-state index is 4.11. The Hall–Kier alpha value is -1.12. The minimum absolute atomic E-state index is 0.696. The van der Waals surface area contributed by atoms with Gasteiger partial charge in [-0.1, -0.05) is 20.3 Å². The lowest BCUT2D eigenvalue weighted by molar-refractivity contribution is 0.593. The van der Waals surface area contributed by atoms with Crippen LogP contribution in [-0.4, -0.2) is 16.5 Å². The van der Waals surface area contributed by atoms with Gasteiger partial charge >= 0.3 is 0 Å². The first-order valence-electron chi connectivity index (χ1n) is 4.75. The molecule has 72 valence electrons. The highest BCUT2D eigenvalue weighted by molar-refractivity contribution is 5.37. The summed E-state index contributed by atoms with van der Waals surface area (Å²) in [5, 5.41) is 3.30. The zero-order valence-electron chi connectivity index (χ0n) is 8.54. The largest absolute Gasteiger partial charge is 0.382 e. The lowest BCUT2D eigenvalue weighted by atomic mass is 10.1. The third kappa shape index (κ3) is 3.40. The lowest BCUT2D eigenvalue weighted by Crippen LogP contribution is -2.10. The quantitative estimate of drug-likeness (QED) is 0.770. The van der Waals surface area contributed by atoms with E-state index in [1.807, 2.05) is 19.3 Å². The summed E-state index contributed by atoms with van der Waals surface area (Å²) in [5.74, 6) is 1.51. The van der Waals surface area contributed by atoms with Crippen LogP contribution in [0.2, 0.25) is 0 Å². The predicted octanol–water partition coefficient (Wildman–Crippen LogP) is 2.24. The smallest absolute Gasteiger partial charge is 0.125 e. The van der Waals surface area contributed by atoms with E-state index < -0.39 is 0 Å². The van der Waals surface area contributed by atoms with Gasteiger partial charge in [0, 0.05) is 6.54 Å². The molecule has 1 N–H and O–H groups in total. The van der Waals surface area contributed by atoms with Crippen molar-refractivity contribution >= 4 is 5.69 Å². The summed E-state index contributed by atoms with van der Waals surface area (Å²) >= 11 is 0. The average Bonchev–Trinajstić information content (AvgIpc) is 2.16. The number of hydrogen-bond acceptors (Lipinski definition) is 3. The molecule has 13 heavy (non-hydrogen) atoms. The van der Waals surface area contributed by atoms with Crippen molar-refractivity contribution in [3.8, 4) is 0 Å². The van der Waals surface area contributed by atoms with Crippen LogP contribution < -0.4 is 5.32 Å². The second-order valence-corrected chi connectivity index (χ2v) is 3.41. The number of aromatic nitrogens is 2. The molecule has 1 aromatic rings.